The zero-order chi connectivity index (χ0) is 23.1. The minimum atomic E-state index is -0.0386. The number of aromatic nitrogens is 1. The Morgan fingerprint density at radius 1 is 1.06 bits per heavy atom. The standard InChI is InChI=1S/C26H33N3O3/c1-6-28(7-2)26-23(24(27-32-26)20-12-9-8-10-13-20)18-29(17-19(3)4)25(30)21-14-11-15-22(16-21)31-5/h8-16,19H,6-7,17-18H2,1-5H3. The van der Waals surface area contributed by atoms with Gasteiger partial charge >= 0.3 is 0 Å². The average Bonchev–Trinajstić information content (AvgIpc) is 3.22. The van der Waals surface area contributed by atoms with Crippen LogP contribution in [0.1, 0.15) is 43.6 Å². The molecule has 0 bridgehead atoms. The van der Waals surface area contributed by atoms with E-state index in [2.05, 4.69) is 37.8 Å². The second kappa shape index (κ2) is 10.8. The number of carbonyl (C=O) groups is 1. The van der Waals surface area contributed by atoms with Crippen LogP contribution in [-0.4, -0.2) is 42.7 Å². The highest BCUT2D eigenvalue weighted by molar-refractivity contribution is 5.94. The van der Waals surface area contributed by atoms with E-state index in [0.717, 1.165) is 35.8 Å². The molecule has 0 saturated heterocycles. The summed E-state index contributed by atoms with van der Waals surface area (Å²) in [6.45, 7) is 11.0. The van der Waals surface area contributed by atoms with Crippen LogP contribution in [0.4, 0.5) is 5.88 Å². The van der Waals surface area contributed by atoms with Gasteiger partial charge in [-0.15, -0.1) is 0 Å². The Hall–Kier alpha value is -3.28. The monoisotopic (exact) mass is 435 g/mol. The maximum Gasteiger partial charge on any atom is 0.254 e. The largest absolute Gasteiger partial charge is 0.497 e. The number of hydrogen-bond acceptors (Lipinski definition) is 5. The number of anilines is 1. The summed E-state index contributed by atoms with van der Waals surface area (Å²) >= 11 is 0. The molecule has 0 aliphatic rings. The second-order valence-corrected chi connectivity index (χ2v) is 8.16. The minimum Gasteiger partial charge on any atom is -0.497 e. The number of rotatable bonds is 10. The van der Waals surface area contributed by atoms with Crippen LogP contribution in [0.2, 0.25) is 0 Å². The van der Waals surface area contributed by atoms with Crippen LogP contribution in [0.5, 0.6) is 5.75 Å². The fraction of sp³-hybridized carbons (Fsp3) is 0.385. The van der Waals surface area contributed by atoms with Crippen LogP contribution in [0.15, 0.2) is 59.1 Å². The molecular weight excluding hydrogens is 402 g/mol. The molecule has 0 fully saturated rings. The van der Waals surface area contributed by atoms with Crippen molar-refractivity contribution >= 4 is 11.8 Å². The molecule has 0 unspecified atom stereocenters. The first-order valence-electron chi connectivity index (χ1n) is 11.2. The van der Waals surface area contributed by atoms with E-state index in [1.54, 1.807) is 13.2 Å². The molecule has 0 N–H and O–H groups in total. The van der Waals surface area contributed by atoms with Gasteiger partial charge in [0.05, 0.1) is 19.2 Å². The van der Waals surface area contributed by atoms with Crippen molar-refractivity contribution in [2.24, 2.45) is 5.92 Å². The summed E-state index contributed by atoms with van der Waals surface area (Å²) < 4.78 is 11.2. The molecule has 0 atom stereocenters. The van der Waals surface area contributed by atoms with Gasteiger partial charge in [-0.25, -0.2) is 0 Å². The SMILES string of the molecule is CCN(CC)c1onc(-c2ccccc2)c1CN(CC(C)C)C(=O)c1cccc(OC)c1. The Balaban J connectivity index is 2.04. The van der Waals surface area contributed by atoms with E-state index in [1.165, 1.54) is 0 Å². The van der Waals surface area contributed by atoms with Gasteiger partial charge in [-0.3, -0.25) is 4.79 Å². The summed E-state index contributed by atoms with van der Waals surface area (Å²) in [5.41, 5.74) is 3.28. The van der Waals surface area contributed by atoms with Crippen molar-refractivity contribution in [3.63, 3.8) is 0 Å². The lowest BCUT2D eigenvalue weighted by Crippen LogP contribution is -2.34. The first-order chi connectivity index (χ1) is 15.5. The van der Waals surface area contributed by atoms with E-state index in [-0.39, 0.29) is 5.91 Å². The van der Waals surface area contributed by atoms with Crippen molar-refractivity contribution in [2.45, 2.75) is 34.2 Å². The fourth-order valence-electron chi connectivity index (χ4n) is 3.81. The first-order valence-corrected chi connectivity index (χ1v) is 11.2. The maximum absolute atomic E-state index is 13.5. The lowest BCUT2D eigenvalue weighted by molar-refractivity contribution is 0.0722. The molecule has 6 nitrogen and oxygen atoms in total. The van der Waals surface area contributed by atoms with Crippen LogP contribution < -0.4 is 9.64 Å². The molecule has 3 aromatic rings. The van der Waals surface area contributed by atoms with Crippen molar-refractivity contribution in [3.05, 3.63) is 65.7 Å². The van der Waals surface area contributed by atoms with Gasteiger partial charge in [0.1, 0.15) is 11.4 Å². The fourth-order valence-corrected chi connectivity index (χ4v) is 3.81. The molecular formula is C26H33N3O3. The number of nitrogens with zero attached hydrogens (tertiary/aromatic N) is 3. The maximum atomic E-state index is 13.5. The second-order valence-electron chi connectivity index (χ2n) is 8.16. The predicted molar refractivity (Wildman–Crippen MR) is 128 cm³/mol. The zero-order valence-corrected chi connectivity index (χ0v) is 19.7. The lowest BCUT2D eigenvalue weighted by atomic mass is 10.1. The molecule has 1 heterocycles. The van der Waals surface area contributed by atoms with E-state index in [1.807, 2.05) is 53.4 Å². The normalized spacial score (nSPS) is 10.9. The molecule has 32 heavy (non-hydrogen) atoms. The van der Waals surface area contributed by atoms with Gasteiger partial charge in [-0.1, -0.05) is 55.4 Å². The quantitative estimate of drug-likeness (QED) is 0.421. The highest BCUT2D eigenvalue weighted by Crippen LogP contribution is 2.33. The molecule has 0 saturated carbocycles. The Morgan fingerprint density at radius 3 is 2.41 bits per heavy atom. The number of ether oxygens (including phenoxy) is 1. The molecule has 0 aliphatic heterocycles. The van der Waals surface area contributed by atoms with Gasteiger partial charge in [0.2, 0.25) is 5.88 Å². The zero-order valence-electron chi connectivity index (χ0n) is 19.7. The summed E-state index contributed by atoms with van der Waals surface area (Å²) in [5, 5.41) is 4.42. The van der Waals surface area contributed by atoms with Crippen molar-refractivity contribution in [1.29, 1.82) is 0 Å². The van der Waals surface area contributed by atoms with Crippen LogP contribution in [-0.2, 0) is 6.54 Å². The molecule has 3 rings (SSSR count). The van der Waals surface area contributed by atoms with E-state index in [0.29, 0.717) is 30.3 Å². The van der Waals surface area contributed by atoms with Crippen LogP contribution >= 0.6 is 0 Å². The van der Waals surface area contributed by atoms with Crippen LogP contribution in [0, 0.1) is 5.92 Å². The molecule has 1 amide bonds. The van der Waals surface area contributed by atoms with Crippen LogP contribution in [0.25, 0.3) is 11.3 Å². The summed E-state index contributed by atoms with van der Waals surface area (Å²) in [6.07, 6.45) is 0. The van der Waals surface area contributed by atoms with E-state index >= 15 is 0 Å². The van der Waals surface area contributed by atoms with Gasteiger partial charge in [0.15, 0.2) is 0 Å². The van der Waals surface area contributed by atoms with Crippen LogP contribution in [0.3, 0.4) is 0 Å². The van der Waals surface area contributed by atoms with Gasteiger partial charge in [0, 0.05) is 30.8 Å². The molecule has 0 spiro atoms. The molecule has 0 radical (unpaired) electrons. The molecule has 1 aromatic heterocycles. The molecule has 0 aliphatic carbocycles. The Morgan fingerprint density at radius 2 is 1.78 bits per heavy atom. The number of hydrogen-bond donors (Lipinski definition) is 0. The topological polar surface area (TPSA) is 58.8 Å². The third kappa shape index (κ3) is 5.31. The Labute approximate surface area is 190 Å². The highest BCUT2D eigenvalue weighted by atomic mass is 16.5. The Bertz CT molecular complexity index is 1010. The van der Waals surface area contributed by atoms with Crippen molar-refractivity contribution in [2.75, 3.05) is 31.6 Å². The number of carbonyl (C=O) groups excluding carboxylic acids is 1. The number of amides is 1. The van der Waals surface area contributed by atoms with E-state index in [9.17, 15) is 4.79 Å². The van der Waals surface area contributed by atoms with E-state index in [4.69, 9.17) is 9.26 Å². The highest BCUT2D eigenvalue weighted by Gasteiger charge is 2.26. The lowest BCUT2D eigenvalue weighted by Gasteiger charge is -2.26. The van der Waals surface area contributed by atoms with Crippen molar-refractivity contribution < 1.29 is 14.1 Å². The number of benzene rings is 2. The molecule has 2 aromatic carbocycles. The van der Waals surface area contributed by atoms with Gasteiger partial charge in [-0.2, -0.15) is 0 Å². The van der Waals surface area contributed by atoms with Gasteiger partial charge in [-0.05, 0) is 38.0 Å². The third-order valence-corrected chi connectivity index (χ3v) is 5.40. The number of methoxy groups -OCH3 is 1. The van der Waals surface area contributed by atoms with E-state index < -0.39 is 0 Å². The molecule has 6 heteroatoms. The smallest absolute Gasteiger partial charge is 0.254 e. The van der Waals surface area contributed by atoms with Crippen molar-refractivity contribution in [3.8, 4) is 17.0 Å². The third-order valence-electron chi connectivity index (χ3n) is 5.40. The predicted octanol–water partition coefficient (Wildman–Crippen LogP) is 5.49. The summed E-state index contributed by atoms with van der Waals surface area (Å²) in [6, 6.07) is 17.3. The molecule has 170 valence electrons. The Kier molecular flexibility index (Phi) is 7.92. The summed E-state index contributed by atoms with van der Waals surface area (Å²) in [5.74, 6) is 1.66. The average molecular weight is 436 g/mol. The first kappa shape index (κ1) is 23.4. The minimum absolute atomic E-state index is 0.0386. The van der Waals surface area contributed by atoms with Gasteiger partial charge < -0.3 is 19.1 Å². The van der Waals surface area contributed by atoms with Gasteiger partial charge in [0.25, 0.3) is 5.91 Å². The summed E-state index contributed by atoms with van der Waals surface area (Å²) in [7, 11) is 1.61. The summed E-state index contributed by atoms with van der Waals surface area (Å²) in [4.78, 5) is 17.6. The van der Waals surface area contributed by atoms with Crippen molar-refractivity contribution in [1.82, 2.24) is 10.1 Å².